The Balaban J connectivity index is 2.06. The molecule has 1 heterocycles. The molecule has 0 spiro atoms. The van der Waals surface area contributed by atoms with E-state index in [9.17, 15) is 4.79 Å². The van der Waals surface area contributed by atoms with Crippen LogP contribution in [0.2, 0.25) is 0 Å². The van der Waals surface area contributed by atoms with Gasteiger partial charge in [-0.05, 0) is 36.8 Å². The highest BCUT2D eigenvalue weighted by Crippen LogP contribution is 2.16. The van der Waals surface area contributed by atoms with Gasteiger partial charge in [0.25, 0.3) is 5.91 Å². The van der Waals surface area contributed by atoms with Crippen LogP contribution in [0.4, 0.5) is 0 Å². The van der Waals surface area contributed by atoms with Gasteiger partial charge in [0.15, 0.2) is 0 Å². The summed E-state index contributed by atoms with van der Waals surface area (Å²) in [5, 5.41) is 2.95. The summed E-state index contributed by atoms with van der Waals surface area (Å²) in [5.74, 6) is -0.0900. The maximum Gasteiger partial charge on any atom is 0.251 e. The van der Waals surface area contributed by atoms with Crippen LogP contribution in [0.3, 0.4) is 0 Å². The predicted molar refractivity (Wildman–Crippen MR) is 74.3 cm³/mol. The number of nitrogens with one attached hydrogen (secondary N) is 1. The van der Waals surface area contributed by atoms with Gasteiger partial charge in [-0.1, -0.05) is 28.1 Å². The average Bonchev–Trinajstić information content (AvgIpc) is 2.40. The molecule has 0 saturated carbocycles. The molecule has 1 amide bonds. The zero-order chi connectivity index (χ0) is 13.0. The fraction of sp³-hybridized carbons (Fsp3) is 0.143. The molecule has 2 rings (SSSR count). The number of carbonyl (C=O) groups is 1. The van der Waals surface area contributed by atoms with Crippen LogP contribution in [0, 0.1) is 0 Å². The molecule has 1 aromatic carbocycles. The van der Waals surface area contributed by atoms with Gasteiger partial charge in [0.2, 0.25) is 0 Å². The number of benzene rings is 1. The van der Waals surface area contributed by atoms with Crippen molar-refractivity contribution in [2.45, 2.75) is 13.0 Å². The van der Waals surface area contributed by atoms with Crippen LogP contribution in [0.15, 0.2) is 53.3 Å². The third-order valence-electron chi connectivity index (χ3n) is 2.66. The van der Waals surface area contributed by atoms with Gasteiger partial charge in [0.05, 0.1) is 6.04 Å². The molecule has 2 aromatic rings. The number of hydrogen-bond acceptors (Lipinski definition) is 2. The summed E-state index contributed by atoms with van der Waals surface area (Å²) < 4.78 is 1.03. The molecular weight excluding hydrogens is 292 g/mol. The normalized spacial score (nSPS) is 11.9. The molecule has 0 unspecified atom stereocenters. The van der Waals surface area contributed by atoms with Crippen molar-refractivity contribution in [1.82, 2.24) is 10.3 Å². The Kier molecular flexibility index (Phi) is 4.10. The van der Waals surface area contributed by atoms with Crippen molar-refractivity contribution in [1.29, 1.82) is 0 Å². The van der Waals surface area contributed by atoms with E-state index in [4.69, 9.17) is 0 Å². The van der Waals surface area contributed by atoms with Gasteiger partial charge in [-0.25, -0.2) is 0 Å². The van der Waals surface area contributed by atoms with Gasteiger partial charge in [-0.2, -0.15) is 0 Å². The molecule has 0 aliphatic heterocycles. The first kappa shape index (κ1) is 12.8. The Hall–Kier alpha value is -1.68. The molecule has 1 aromatic heterocycles. The standard InChI is InChI=1S/C14H13BrN2O/c1-10(11-2-4-13(15)5-3-11)17-14(18)12-6-8-16-9-7-12/h2-10H,1H3,(H,17,18)/t10-/m1/s1. The number of hydrogen-bond donors (Lipinski definition) is 1. The SMILES string of the molecule is C[C@@H](NC(=O)c1ccncc1)c1ccc(Br)cc1. The van der Waals surface area contributed by atoms with Crippen LogP contribution in [-0.4, -0.2) is 10.9 Å². The molecule has 0 bridgehead atoms. The van der Waals surface area contributed by atoms with E-state index in [0.29, 0.717) is 5.56 Å². The topological polar surface area (TPSA) is 42.0 Å². The summed E-state index contributed by atoms with van der Waals surface area (Å²) in [5.41, 5.74) is 1.69. The molecule has 92 valence electrons. The Labute approximate surface area is 114 Å². The van der Waals surface area contributed by atoms with Crippen molar-refractivity contribution in [2.24, 2.45) is 0 Å². The van der Waals surface area contributed by atoms with Crippen LogP contribution in [0.1, 0.15) is 28.9 Å². The van der Waals surface area contributed by atoms with E-state index in [1.54, 1.807) is 24.5 Å². The predicted octanol–water partition coefficient (Wildman–Crippen LogP) is 3.34. The Morgan fingerprint density at radius 1 is 1.17 bits per heavy atom. The number of amides is 1. The zero-order valence-corrected chi connectivity index (χ0v) is 11.5. The van der Waals surface area contributed by atoms with E-state index < -0.39 is 0 Å². The summed E-state index contributed by atoms with van der Waals surface area (Å²) in [7, 11) is 0. The van der Waals surface area contributed by atoms with Crippen molar-refractivity contribution in [2.75, 3.05) is 0 Å². The van der Waals surface area contributed by atoms with Gasteiger partial charge in [0.1, 0.15) is 0 Å². The molecule has 0 aliphatic rings. The van der Waals surface area contributed by atoms with Crippen LogP contribution < -0.4 is 5.32 Å². The van der Waals surface area contributed by atoms with Gasteiger partial charge >= 0.3 is 0 Å². The molecule has 0 saturated heterocycles. The second kappa shape index (κ2) is 5.78. The molecule has 4 heteroatoms. The molecule has 18 heavy (non-hydrogen) atoms. The van der Waals surface area contributed by atoms with Crippen LogP contribution in [0.5, 0.6) is 0 Å². The van der Waals surface area contributed by atoms with Gasteiger partial charge in [0, 0.05) is 22.4 Å². The van der Waals surface area contributed by atoms with E-state index in [2.05, 4.69) is 26.2 Å². The summed E-state index contributed by atoms with van der Waals surface area (Å²) in [6.07, 6.45) is 3.22. The van der Waals surface area contributed by atoms with E-state index in [1.165, 1.54) is 0 Å². The smallest absolute Gasteiger partial charge is 0.251 e. The maximum atomic E-state index is 11.9. The molecule has 0 radical (unpaired) electrons. The monoisotopic (exact) mass is 304 g/mol. The number of pyridine rings is 1. The second-order valence-corrected chi connectivity index (χ2v) is 4.90. The first-order valence-electron chi connectivity index (χ1n) is 5.63. The van der Waals surface area contributed by atoms with E-state index in [1.807, 2.05) is 31.2 Å². The minimum Gasteiger partial charge on any atom is -0.346 e. The van der Waals surface area contributed by atoms with Gasteiger partial charge in [-0.15, -0.1) is 0 Å². The average molecular weight is 305 g/mol. The zero-order valence-electron chi connectivity index (χ0n) is 9.93. The minimum absolute atomic E-state index is 0.0289. The minimum atomic E-state index is -0.0900. The molecule has 0 aliphatic carbocycles. The Morgan fingerprint density at radius 2 is 1.78 bits per heavy atom. The van der Waals surface area contributed by atoms with Crippen LogP contribution in [0.25, 0.3) is 0 Å². The lowest BCUT2D eigenvalue weighted by Gasteiger charge is -2.14. The van der Waals surface area contributed by atoms with Gasteiger partial charge < -0.3 is 5.32 Å². The second-order valence-electron chi connectivity index (χ2n) is 3.98. The molecular formula is C14H13BrN2O. The fourth-order valence-corrected chi connectivity index (χ4v) is 1.88. The number of halogens is 1. The highest BCUT2D eigenvalue weighted by Gasteiger charge is 2.10. The van der Waals surface area contributed by atoms with E-state index in [-0.39, 0.29) is 11.9 Å². The third kappa shape index (κ3) is 3.17. The number of nitrogens with zero attached hydrogens (tertiary/aromatic N) is 1. The van der Waals surface area contributed by atoms with E-state index >= 15 is 0 Å². The molecule has 1 N–H and O–H groups in total. The third-order valence-corrected chi connectivity index (χ3v) is 3.19. The first-order chi connectivity index (χ1) is 8.66. The summed E-state index contributed by atoms with van der Waals surface area (Å²) >= 11 is 3.39. The van der Waals surface area contributed by atoms with E-state index in [0.717, 1.165) is 10.0 Å². The first-order valence-corrected chi connectivity index (χ1v) is 6.42. The van der Waals surface area contributed by atoms with Crippen molar-refractivity contribution in [3.63, 3.8) is 0 Å². The summed E-state index contributed by atoms with van der Waals surface area (Å²) in [6.45, 7) is 1.96. The lowest BCUT2D eigenvalue weighted by atomic mass is 10.1. The number of aromatic nitrogens is 1. The van der Waals surface area contributed by atoms with Crippen molar-refractivity contribution >= 4 is 21.8 Å². The van der Waals surface area contributed by atoms with Crippen LogP contribution >= 0.6 is 15.9 Å². The molecule has 3 nitrogen and oxygen atoms in total. The molecule has 1 atom stereocenters. The number of rotatable bonds is 3. The lowest BCUT2D eigenvalue weighted by Crippen LogP contribution is -2.26. The summed E-state index contributed by atoms with van der Waals surface area (Å²) in [6, 6.07) is 11.3. The molecule has 0 fully saturated rings. The maximum absolute atomic E-state index is 11.9. The Morgan fingerprint density at radius 3 is 2.39 bits per heavy atom. The van der Waals surface area contributed by atoms with Crippen LogP contribution in [-0.2, 0) is 0 Å². The summed E-state index contributed by atoms with van der Waals surface area (Å²) in [4.78, 5) is 15.8. The Bertz CT molecular complexity index is 525. The fourth-order valence-electron chi connectivity index (χ4n) is 1.62. The highest BCUT2D eigenvalue weighted by atomic mass is 79.9. The quantitative estimate of drug-likeness (QED) is 0.945. The lowest BCUT2D eigenvalue weighted by molar-refractivity contribution is 0.0940. The van der Waals surface area contributed by atoms with Crippen molar-refractivity contribution in [3.8, 4) is 0 Å². The highest BCUT2D eigenvalue weighted by molar-refractivity contribution is 9.10. The van der Waals surface area contributed by atoms with Crippen molar-refractivity contribution < 1.29 is 4.79 Å². The largest absolute Gasteiger partial charge is 0.346 e. The van der Waals surface area contributed by atoms with Gasteiger partial charge in [-0.3, -0.25) is 9.78 Å². The van der Waals surface area contributed by atoms with Crippen molar-refractivity contribution in [3.05, 3.63) is 64.4 Å². The number of carbonyl (C=O) groups excluding carboxylic acids is 1.